The van der Waals surface area contributed by atoms with E-state index >= 15 is 0 Å². The van der Waals surface area contributed by atoms with E-state index in [1.807, 2.05) is 0 Å². The average molecular weight is 275 g/mol. The van der Waals surface area contributed by atoms with Gasteiger partial charge in [-0.1, -0.05) is 17.7 Å². The van der Waals surface area contributed by atoms with Crippen molar-refractivity contribution in [3.8, 4) is 5.75 Å². The topological polar surface area (TPSA) is 41.5 Å². The number of aliphatic hydroxyl groups is 1. The second-order valence-corrected chi connectivity index (χ2v) is 6.50. The van der Waals surface area contributed by atoms with Gasteiger partial charge < -0.3 is 15.2 Å². The number of hydrogen-bond acceptors (Lipinski definition) is 3. The van der Waals surface area contributed by atoms with Crippen LogP contribution < -0.4 is 10.1 Å². The van der Waals surface area contributed by atoms with E-state index in [1.54, 1.807) is 0 Å². The highest BCUT2D eigenvalue weighted by Gasteiger charge is 2.35. The average Bonchev–Trinajstić information content (AvgIpc) is 2.57. The number of rotatable bonds is 3. The Labute approximate surface area is 121 Å². The number of nitrogens with one attached hydrogen (secondary N) is 1. The molecule has 1 atom stereocenters. The van der Waals surface area contributed by atoms with Crippen molar-refractivity contribution in [3.05, 3.63) is 28.8 Å². The Morgan fingerprint density at radius 1 is 1.30 bits per heavy atom. The molecule has 2 N–H and O–H groups in total. The van der Waals surface area contributed by atoms with E-state index in [-0.39, 0.29) is 0 Å². The molecule has 0 aromatic heterocycles. The zero-order chi connectivity index (χ0) is 14.2. The molecule has 20 heavy (non-hydrogen) atoms. The Bertz CT molecular complexity index is 494. The van der Waals surface area contributed by atoms with Gasteiger partial charge in [0.2, 0.25) is 0 Å². The summed E-state index contributed by atoms with van der Waals surface area (Å²) in [5.41, 5.74) is 3.30. The van der Waals surface area contributed by atoms with E-state index in [4.69, 9.17) is 4.74 Å². The summed E-state index contributed by atoms with van der Waals surface area (Å²) in [5, 5.41) is 13.9. The Balaban J connectivity index is 1.81. The van der Waals surface area contributed by atoms with Gasteiger partial charge >= 0.3 is 0 Å². The lowest BCUT2D eigenvalue weighted by Crippen LogP contribution is -2.47. The van der Waals surface area contributed by atoms with Crippen LogP contribution in [0, 0.1) is 13.8 Å². The molecule has 2 aliphatic rings. The maximum absolute atomic E-state index is 10.3. The van der Waals surface area contributed by atoms with E-state index < -0.39 is 5.60 Å². The molecule has 110 valence electrons. The molecule has 0 saturated heterocycles. The molecule has 1 saturated carbocycles. The van der Waals surface area contributed by atoms with Gasteiger partial charge in [-0.3, -0.25) is 0 Å². The fourth-order valence-electron chi connectivity index (χ4n) is 3.35. The van der Waals surface area contributed by atoms with Crippen LogP contribution in [-0.2, 0) is 0 Å². The third kappa shape index (κ3) is 2.70. The van der Waals surface area contributed by atoms with Gasteiger partial charge in [-0.15, -0.1) is 0 Å². The van der Waals surface area contributed by atoms with Gasteiger partial charge in [0.05, 0.1) is 12.2 Å². The summed E-state index contributed by atoms with van der Waals surface area (Å²) in [6.45, 7) is 5.74. The van der Waals surface area contributed by atoms with Crippen molar-refractivity contribution in [3.63, 3.8) is 0 Å². The SMILES string of the molecule is Cc1cc(C)c2c(c1)C(NCC1(O)CCC1)CCCO2. The third-order valence-electron chi connectivity index (χ3n) is 4.67. The largest absolute Gasteiger partial charge is 0.493 e. The van der Waals surface area contributed by atoms with Crippen LogP contribution in [0.4, 0.5) is 0 Å². The molecule has 3 rings (SSSR count). The van der Waals surface area contributed by atoms with E-state index in [0.717, 1.165) is 44.5 Å². The molecular weight excluding hydrogens is 250 g/mol. The fourth-order valence-corrected chi connectivity index (χ4v) is 3.35. The summed E-state index contributed by atoms with van der Waals surface area (Å²) in [4.78, 5) is 0. The number of fused-ring (bicyclic) bond motifs is 1. The number of ether oxygens (including phenoxy) is 1. The summed E-state index contributed by atoms with van der Waals surface area (Å²) in [7, 11) is 0. The summed E-state index contributed by atoms with van der Waals surface area (Å²) in [6, 6.07) is 4.72. The maximum Gasteiger partial charge on any atom is 0.126 e. The van der Waals surface area contributed by atoms with Crippen molar-refractivity contribution in [2.45, 2.75) is 57.6 Å². The summed E-state index contributed by atoms with van der Waals surface area (Å²) < 4.78 is 5.93. The smallest absolute Gasteiger partial charge is 0.126 e. The minimum absolute atomic E-state index is 0.302. The quantitative estimate of drug-likeness (QED) is 0.891. The summed E-state index contributed by atoms with van der Waals surface area (Å²) >= 11 is 0. The number of aryl methyl sites for hydroxylation is 2. The Morgan fingerprint density at radius 2 is 2.10 bits per heavy atom. The maximum atomic E-state index is 10.3. The molecule has 1 fully saturated rings. The van der Waals surface area contributed by atoms with Crippen LogP contribution in [0.5, 0.6) is 5.75 Å². The third-order valence-corrected chi connectivity index (χ3v) is 4.67. The predicted octanol–water partition coefficient (Wildman–Crippen LogP) is 3.02. The lowest BCUT2D eigenvalue weighted by Gasteiger charge is -2.38. The molecule has 0 amide bonds. The van der Waals surface area contributed by atoms with Gasteiger partial charge in [-0.25, -0.2) is 0 Å². The van der Waals surface area contributed by atoms with Gasteiger partial charge in [-0.05, 0) is 51.5 Å². The first-order valence-corrected chi connectivity index (χ1v) is 7.77. The van der Waals surface area contributed by atoms with Crippen LogP contribution in [0.1, 0.15) is 54.8 Å². The molecule has 0 radical (unpaired) electrons. The molecule has 3 heteroatoms. The minimum Gasteiger partial charge on any atom is -0.493 e. The van der Waals surface area contributed by atoms with Crippen molar-refractivity contribution < 1.29 is 9.84 Å². The highest BCUT2D eigenvalue weighted by molar-refractivity contribution is 5.46. The van der Waals surface area contributed by atoms with E-state index in [1.165, 1.54) is 16.7 Å². The van der Waals surface area contributed by atoms with Crippen LogP contribution in [0.2, 0.25) is 0 Å². The zero-order valence-electron chi connectivity index (χ0n) is 12.5. The van der Waals surface area contributed by atoms with Crippen LogP contribution in [0.25, 0.3) is 0 Å². The molecule has 3 nitrogen and oxygen atoms in total. The lowest BCUT2D eigenvalue weighted by atomic mass is 9.80. The van der Waals surface area contributed by atoms with Crippen LogP contribution in [0.3, 0.4) is 0 Å². The standard InChI is InChI=1S/C17H25NO2/c1-12-9-13(2)16-14(10-12)15(5-3-8-20-16)18-11-17(19)6-4-7-17/h9-10,15,18-19H,3-8,11H2,1-2H3. The molecule has 1 aromatic carbocycles. The second-order valence-electron chi connectivity index (χ2n) is 6.50. The Morgan fingerprint density at radius 3 is 2.80 bits per heavy atom. The molecule has 1 aliphatic heterocycles. The van der Waals surface area contributed by atoms with E-state index in [0.29, 0.717) is 12.6 Å². The summed E-state index contributed by atoms with van der Waals surface area (Å²) in [6.07, 6.45) is 5.15. The van der Waals surface area contributed by atoms with Gasteiger partial charge in [0.25, 0.3) is 0 Å². The molecule has 1 aromatic rings. The second kappa shape index (κ2) is 5.38. The van der Waals surface area contributed by atoms with Gasteiger partial charge in [0.1, 0.15) is 5.75 Å². The van der Waals surface area contributed by atoms with Crippen LogP contribution >= 0.6 is 0 Å². The summed E-state index contributed by atoms with van der Waals surface area (Å²) in [5.74, 6) is 1.05. The molecular formula is C17H25NO2. The highest BCUT2D eigenvalue weighted by Crippen LogP contribution is 2.36. The fraction of sp³-hybridized carbons (Fsp3) is 0.647. The van der Waals surface area contributed by atoms with Gasteiger partial charge in [0.15, 0.2) is 0 Å². The van der Waals surface area contributed by atoms with Crippen LogP contribution in [-0.4, -0.2) is 23.9 Å². The lowest BCUT2D eigenvalue weighted by molar-refractivity contribution is -0.0334. The van der Waals surface area contributed by atoms with Crippen molar-refractivity contribution in [1.82, 2.24) is 5.32 Å². The predicted molar refractivity (Wildman–Crippen MR) is 80.2 cm³/mol. The van der Waals surface area contributed by atoms with Crippen molar-refractivity contribution in [2.24, 2.45) is 0 Å². The molecule has 1 unspecified atom stereocenters. The Hall–Kier alpha value is -1.06. The first-order valence-electron chi connectivity index (χ1n) is 7.77. The van der Waals surface area contributed by atoms with Crippen LogP contribution in [0.15, 0.2) is 12.1 Å². The van der Waals surface area contributed by atoms with Crippen molar-refractivity contribution in [2.75, 3.05) is 13.2 Å². The van der Waals surface area contributed by atoms with E-state index in [2.05, 4.69) is 31.3 Å². The first-order chi connectivity index (χ1) is 9.57. The molecule has 0 spiro atoms. The van der Waals surface area contributed by atoms with E-state index in [9.17, 15) is 5.11 Å². The zero-order valence-corrected chi connectivity index (χ0v) is 12.5. The Kier molecular flexibility index (Phi) is 3.74. The normalized spacial score (nSPS) is 24.2. The van der Waals surface area contributed by atoms with Crippen molar-refractivity contribution in [1.29, 1.82) is 0 Å². The monoisotopic (exact) mass is 275 g/mol. The number of benzene rings is 1. The van der Waals surface area contributed by atoms with Crippen molar-refractivity contribution >= 4 is 0 Å². The molecule has 0 bridgehead atoms. The van der Waals surface area contributed by atoms with Gasteiger partial charge in [-0.2, -0.15) is 0 Å². The number of hydrogen-bond donors (Lipinski definition) is 2. The molecule has 1 aliphatic carbocycles. The molecule has 1 heterocycles. The van der Waals surface area contributed by atoms with Gasteiger partial charge in [0, 0.05) is 18.2 Å². The minimum atomic E-state index is -0.466. The first kappa shape index (κ1) is 13.9. The highest BCUT2D eigenvalue weighted by atomic mass is 16.5.